The summed E-state index contributed by atoms with van der Waals surface area (Å²) < 4.78 is 5.95. The molecule has 32 heavy (non-hydrogen) atoms. The van der Waals surface area contributed by atoms with Gasteiger partial charge in [0, 0.05) is 29.2 Å². The molecule has 0 spiro atoms. The Bertz CT molecular complexity index is 1020. The number of ketones is 1. The first-order valence-corrected chi connectivity index (χ1v) is 12.0. The van der Waals surface area contributed by atoms with E-state index in [1.807, 2.05) is 26.0 Å². The van der Waals surface area contributed by atoms with Crippen LogP contribution in [0.3, 0.4) is 0 Å². The van der Waals surface area contributed by atoms with Crippen molar-refractivity contribution in [2.45, 2.75) is 52.2 Å². The average molecular weight is 478 g/mol. The minimum Gasteiger partial charge on any atom is -0.463 e. The van der Waals surface area contributed by atoms with Crippen molar-refractivity contribution in [2.75, 3.05) is 20.1 Å². The van der Waals surface area contributed by atoms with E-state index in [1.54, 1.807) is 12.1 Å². The molecule has 1 aliphatic rings. The molecule has 1 amide bonds. The number of carbonyl (C=O) groups is 3. The van der Waals surface area contributed by atoms with Crippen LogP contribution in [0, 0.1) is 0 Å². The predicted octanol–water partition coefficient (Wildman–Crippen LogP) is 3.70. The van der Waals surface area contributed by atoms with Gasteiger partial charge in [-0.1, -0.05) is 23.7 Å². The van der Waals surface area contributed by atoms with Gasteiger partial charge >= 0.3 is 5.97 Å². The van der Waals surface area contributed by atoms with Crippen molar-refractivity contribution >= 4 is 40.6 Å². The van der Waals surface area contributed by atoms with E-state index in [-0.39, 0.29) is 30.7 Å². The largest absolute Gasteiger partial charge is 0.463 e. The Morgan fingerprint density at radius 1 is 1.19 bits per heavy atom. The molecule has 6 nitrogen and oxygen atoms in total. The van der Waals surface area contributed by atoms with Crippen LogP contribution >= 0.6 is 22.9 Å². The molecule has 2 heterocycles. The molecule has 3 rings (SSSR count). The summed E-state index contributed by atoms with van der Waals surface area (Å²) in [4.78, 5) is 38.8. The van der Waals surface area contributed by atoms with E-state index in [2.05, 4.69) is 7.05 Å². The van der Waals surface area contributed by atoms with E-state index in [0.717, 1.165) is 27.4 Å². The maximum atomic E-state index is 12.7. The molecule has 1 atom stereocenters. The number of nitrogens with two attached hydrogens (primary N) is 1. The number of halogens is 1. The second-order valence-electron chi connectivity index (χ2n) is 8.95. The molecular formula is C24H30ClN2O4S+. The molecule has 1 unspecified atom stereocenters. The van der Waals surface area contributed by atoms with Gasteiger partial charge in [-0.2, -0.15) is 0 Å². The van der Waals surface area contributed by atoms with Gasteiger partial charge in [-0.15, -0.1) is 11.3 Å². The lowest BCUT2D eigenvalue weighted by Gasteiger charge is -2.37. The standard InChI is InChI=1S/C24H29ClN2O4S/c1-15(2)31-22(29)9-11-27(3)10-8-19-21(14-27)32-20(23(19)24(26)30)13-18(28)12-16-4-6-17(25)7-5-16/h4-7,15H,8-14H2,1-3H3,(H-,26,30)/p+1. The van der Waals surface area contributed by atoms with Crippen molar-refractivity contribution in [2.24, 2.45) is 5.73 Å². The maximum Gasteiger partial charge on any atom is 0.311 e. The van der Waals surface area contributed by atoms with Gasteiger partial charge in [0.25, 0.3) is 0 Å². The molecule has 1 aromatic carbocycles. The third kappa shape index (κ3) is 6.18. The van der Waals surface area contributed by atoms with Crippen LogP contribution in [0.25, 0.3) is 0 Å². The zero-order chi connectivity index (χ0) is 23.5. The second kappa shape index (κ2) is 10.1. The fourth-order valence-electron chi connectivity index (χ4n) is 4.12. The number of ether oxygens (including phenoxy) is 1. The van der Waals surface area contributed by atoms with Crippen molar-refractivity contribution in [1.82, 2.24) is 0 Å². The normalized spacial score (nSPS) is 17.8. The van der Waals surface area contributed by atoms with Gasteiger partial charge in [0.05, 0.1) is 43.1 Å². The summed E-state index contributed by atoms with van der Waals surface area (Å²) >= 11 is 7.42. The predicted molar refractivity (Wildman–Crippen MR) is 126 cm³/mol. The Morgan fingerprint density at radius 2 is 1.88 bits per heavy atom. The van der Waals surface area contributed by atoms with Gasteiger partial charge < -0.3 is 15.0 Å². The van der Waals surface area contributed by atoms with Gasteiger partial charge in [-0.3, -0.25) is 14.4 Å². The summed E-state index contributed by atoms with van der Waals surface area (Å²) in [6, 6.07) is 7.20. The number of esters is 1. The molecule has 1 aliphatic heterocycles. The molecule has 2 N–H and O–H groups in total. The van der Waals surface area contributed by atoms with Crippen molar-refractivity contribution < 1.29 is 23.6 Å². The lowest BCUT2D eigenvalue weighted by atomic mass is 9.97. The Morgan fingerprint density at radius 3 is 2.50 bits per heavy atom. The van der Waals surface area contributed by atoms with E-state index in [9.17, 15) is 14.4 Å². The molecular weight excluding hydrogens is 448 g/mol. The summed E-state index contributed by atoms with van der Waals surface area (Å²) in [7, 11) is 2.11. The Hall–Kier alpha value is -2.22. The summed E-state index contributed by atoms with van der Waals surface area (Å²) in [6.45, 7) is 5.86. The van der Waals surface area contributed by atoms with Crippen molar-refractivity contribution in [3.8, 4) is 0 Å². The van der Waals surface area contributed by atoms with Crippen molar-refractivity contribution in [3.05, 3.63) is 55.7 Å². The minimum atomic E-state index is -0.478. The summed E-state index contributed by atoms with van der Waals surface area (Å²) in [5.41, 5.74) is 8.09. The minimum absolute atomic E-state index is 0.0297. The van der Waals surface area contributed by atoms with Gasteiger partial charge in [-0.25, -0.2) is 0 Å². The number of benzene rings is 1. The molecule has 0 aliphatic carbocycles. The third-order valence-electron chi connectivity index (χ3n) is 5.73. The number of amides is 1. The van der Waals surface area contributed by atoms with Crippen LogP contribution in [0.2, 0.25) is 5.02 Å². The number of Topliss-reactive ketones (excluding diaryl/α,β-unsaturated/α-hetero) is 1. The molecule has 1 aromatic heterocycles. The highest BCUT2D eigenvalue weighted by Crippen LogP contribution is 2.36. The van der Waals surface area contributed by atoms with Crippen LogP contribution in [-0.2, 0) is 40.1 Å². The lowest BCUT2D eigenvalue weighted by Crippen LogP contribution is -2.48. The van der Waals surface area contributed by atoms with Gasteiger partial charge in [0.2, 0.25) is 5.91 Å². The number of hydrogen-bond donors (Lipinski definition) is 1. The van der Waals surface area contributed by atoms with Crippen molar-refractivity contribution in [1.29, 1.82) is 0 Å². The van der Waals surface area contributed by atoms with E-state index in [1.165, 1.54) is 11.3 Å². The molecule has 2 aromatic rings. The average Bonchev–Trinajstić information content (AvgIpc) is 3.04. The first-order valence-electron chi connectivity index (χ1n) is 10.8. The van der Waals surface area contributed by atoms with E-state index >= 15 is 0 Å². The lowest BCUT2D eigenvalue weighted by molar-refractivity contribution is -0.923. The van der Waals surface area contributed by atoms with Crippen LogP contribution in [0.5, 0.6) is 0 Å². The van der Waals surface area contributed by atoms with Crippen molar-refractivity contribution in [3.63, 3.8) is 0 Å². The maximum absolute atomic E-state index is 12.7. The van der Waals surface area contributed by atoms with Crippen LogP contribution in [-0.4, -0.2) is 48.4 Å². The molecule has 0 fully saturated rings. The summed E-state index contributed by atoms with van der Waals surface area (Å²) in [5.74, 6) is -0.641. The number of thiophene rings is 1. The Balaban J connectivity index is 1.72. The fourth-order valence-corrected chi connectivity index (χ4v) is 5.81. The van der Waals surface area contributed by atoms with E-state index in [4.69, 9.17) is 22.1 Å². The van der Waals surface area contributed by atoms with Crippen LogP contribution < -0.4 is 5.73 Å². The first-order chi connectivity index (χ1) is 15.1. The highest BCUT2D eigenvalue weighted by molar-refractivity contribution is 7.12. The number of nitrogens with zero attached hydrogens (tertiary/aromatic N) is 1. The van der Waals surface area contributed by atoms with Gasteiger partial charge in [0.15, 0.2) is 0 Å². The number of fused-ring (bicyclic) bond motifs is 1. The topological polar surface area (TPSA) is 86.5 Å². The van der Waals surface area contributed by atoms with Crippen LogP contribution in [0.15, 0.2) is 24.3 Å². The Labute approximate surface area is 197 Å². The summed E-state index contributed by atoms with van der Waals surface area (Å²) in [6.07, 6.45) is 1.40. The zero-order valence-electron chi connectivity index (χ0n) is 18.8. The quantitative estimate of drug-likeness (QED) is 0.440. The van der Waals surface area contributed by atoms with Gasteiger partial charge in [0.1, 0.15) is 12.3 Å². The first kappa shape index (κ1) is 24.4. The SMILES string of the molecule is CC(C)OC(=O)CC[N+]1(C)CCc2c(sc(CC(=O)Cc3ccc(Cl)cc3)c2C(N)=O)C1. The fraction of sp³-hybridized carbons (Fsp3) is 0.458. The second-order valence-corrected chi connectivity index (χ2v) is 10.6. The summed E-state index contributed by atoms with van der Waals surface area (Å²) in [5, 5.41) is 0.627. The van der Waals surface area contributed by atoms with Crippen LogP contribution in [0.4, 0.5) is 0 Å². The number of likely N-dealkylation sites (N-methyl/N-ethyl adjacent to an activating group) is 1. The number of primary amides is 1. The third-order valence-corrected chi connectivity index (χ3v) is 7.20. The molecule has 8 heteroatoms. The van der Waals surface area contributed by atoms with Crippen LogP contribution in [0.1, 0.15) is 51.5 Å². The van der Waals surface area contributed by atoms with E-state index < -0.39 is 5.91 Å². The smallest absolute Gasteiger partial charge is 0.311 e. The monoisotopic (exact) mass is 477 g/mol. The Kier molecular flexibility index (Phi) is 7.75. The highest BCUT2D eigenvalue weighted by Gasteiger charge is 2.35. The van der Waals surface area contributed by atoms with E-state index in [0.29, 0.717) is 41.0 Å². The number of rotatable bonds is 9. The zero-order valence-corrected chi connectivity index (χ0v) is 20.4. The number of hydrogen-bond acceptors (Lipinski definition) is 5. The van der Waals surface area contributed by atoms with Gasteiger partial charge in [-0.05, 0) is 37.1 Å². The number of carbonyl (C=O) groups excluding carboxylic acids is 3. The number of quaternary nitrogens is 1. The molecule has 172 valence electrons. The highest BCUT2D eigenvalue weighted by atomic mass is 35.5. The molecule has 0 saturated carbocycles. The molecule has 0 radical (unpaired) electrons. The molecule has 0 bridgehead atoms. The molecule has 0 saturated heterocycles.